The van der Waals surface area contributed by atoms with E-state index in [4.69, 9.17) is 4.74 Å². The summed E-state index contributed by atoms with van der Waals surface area (Å²) in [6.45, 7) is 1.31. The van der Waals surface area contributed by atoms with Crippen molar-refractivity contribution in [3.8, 4) is 5.75 Å². The lowest BCUT2D eigenvalue weighted by molar-refractivity contribution is -0.131. The number of aromatic nitrogens is 3. The number of carbonyl (C=O) groups excluding carboxylic acids is 1. The number of benzene rings is 2. The largest absolute Gasteiger partial charge is 0.425 e. The SMILES string of the molecule is CC(=O)Oc1cc(C=c2sc3nc(=O)c(Cc4ccccc4)nn3c2=O)ccc1Br. The summed E-state index contributed by atoms with van der Waals surface area (Å²) < 4.78 is 7.29. The molecule has 0 radical (unpaired) electrons. The molecule has 0 amide bonds. The van der Waals surface area contributed by atoms with Gasteiger partial charge in [0.05, 0.1) is 9.01 Å². The molecule has 9 heteroatoms. The zero-order valence-electron chi connectivity index (χ0n) is 15.7. The highest BCUT2D eigenvalue weighted by atomic mass is 79.9. The van der Waals surface area contributed by atoms with Gasteiger partial charge in [0.1, 0.15) is 11.4 Å². The van der Waals surface area contributed by atoms with Crippen molar-refractivity contribution < 1.29 is 9.53 Å². The maximum atomic E-state index is 12.8. The summed E-state index contributed by atoms with van der Waals surface area (Å²) in [7, 11) is 0. The average molecular weight is 484 g/mol. The van der Waals surface area contributed by atoms with Gasteiger partial charge in [-0.1, -0.05) is 47.7 Å². The van der Waals surface area contributed by atoms with Crippen molar-refractivity contribution in [1.29, 1.82) is 0 Å². The summed E-state index contributed by atoms with van der Waals surface area (Å²) >= 11 is 4.39. The monoisotopic (exact) mass is 483 g/mol. The average Bonchev–Trinajstić information content (AvgIpc) is 3.00. The molecule has 0 saturated carbocycles. The molecule has 0 spiro atoms. The number of hydrogen-bond acceptors (Lipinski definition) is 7. The number of halogens is 1. The Hall–Kier alpha value is -3.17. The Morgan fingerprint density at radius 1 is 1.20 bits per heavy atom. The van der Waals surface area contributed by atoms with Crippen LogP contribution in [0.3, 0.4) is 0 Å². The minimum Gasteiger partial charge on any atom is -0.425 e. The molecule has 0 unspecified atom stereocenters. The molecule has 0 aliphatic carbocycles. The van der Waals surface area contributed by atoms with Crippen LogP contribution in [-0.4, -0.2) is 20.6 Å². The van der Waals surface area contributed by atoms with Crippen molar-refractivity contribution in [1.82, 2.24) is 14.6 Å². The summed E-state index contributed by atoms with van der Waals surface area (Å²) in [5, 5.41) is 4.25. The first kappa shape index (κ1) is 20.1. The second kappa shape index (κ2) is 8.29. The Kier molecular flexibility index (Phi) is 5.56. The van der Waals surface area contributed by atoms with Crippen LogP contribution in [0.4, 0.5) is 0 Å². The number of hydrogen-bond donors (Lipinski definition) is 0. The zero-order chi connectivity index (χ0) is 21.3. The Balaban J connectivity index is 1.78. The highest BCUT2D eigenvalue weighted by Crippen LogP contribution is 2.26. The molecule has 4 rings (SSSR count). The second-order valence-corrected chi connectivity index (χ2v) is 8.28. The predicted octanol–water partition coefficient (Wildman–Crippen LogP) is 2.34. The maximum Gasteiger partial charge on any atom is 0.308 e. The first-order chi connectivity index (χ1) is 14.4. The van der Waals surface area contributed by atoms with Crippen LogP contribution in [-0.2, 0) is 11.2 Å². The van der Waals surface area contributed by atoms with Crippen LogP contribution in [0.5, 0.6) is 5.75 Å². The molecule has 0 aliphatic heterocycles. The Bertz CT molecular complexity index is 1430. The molecule has 0 aliphatic rings. The van der Waals surface area contributed by atoms with Gasteiger partial charge in [0, 0.05) is 13.3 Å². The van der Waals surface area contributed by atoms with Gasteiger partial charge in [-0.05, 0) is 45.3 Å². The van der Waals surface area contributed by atoms with E-state index in [0.29, 0.717) is 26.7 Å². The van der Waals surface area contributed by atoms with Gasteiger partial charge in [-0.3, -0.25) is 14.4 Å². The lowest BCUT2D eigenvalue weighted by atomic mass is 10.1. The third-order valence-electron chi connectivity index (χ3n) is 4.17. The fraction of sp³-hybridized carbons (Fsp3) is 0.0952. The fourth-order valence-corrected chi connectivity index (χ4v) is 4.07. The molecule has 0 N–H and O–H groups in total. The number of fused-ring (bicyclic) bond motifs is 1. The third-order valence-corrected chi connectivity index (χ3v) is 5.79. The van der Waals surface area contributed by atoms with Crippen molar-refractivity contribution in [2.45, 2.75) is 13.3 Å². The molecule has 0 saturated heterocycles. The number of esters is 1. The smallest absolute Gasteiger partial charge is 0.308 e. The highest BCUT2D eigenvalue weighted by molar-refractivity contribution is 9.10. The van der Waals surface area contributed by atoms with E-state index in [1.807, 2.05) is 30.3 Å². The van der Waals surface area contributed by atoms with Crippen molar-refractivity contribution in [3.05, 3.63) is 95.1 Å². The minimum atomic E-state index is -0.451. The van der Waals surface area contributed by atoms with Crippen LogP contribution in [0.2, 0.25) is 0 Å². The van der Waals surface area contributed by atoms with Gasteiger partial charge in [0.15, 0.2) is 0 Å². The standard InChI is InChI=1S/C21H14BrN3O4S/c1-12(26)29-17-10-14(7-8-15(17)22)11-18-20(28)25-21(30-18)23-19(27)16(24-25)9-13-5-3-2-4-6-13/h2-8,10-11H,9H2,1H3. The van der Waals surface area contributed by atoms with E-state index < -0.39 is 11.5 Å². The van der Waals surface area contributed by atoms with Crippen LogP contribution in [0.25, 0.3) is 11.0 Å². The second-order valence-electron chi connectivity index (χ2n) is 6.42. The fourth-order valence-electron chi connectivity index (χ4n) is 2.84. The molecular formula is C21H14BrN3O4S. The molecule has 2 aromatic carbocycles. The lowest BCUT2D eigenvalue weighted by Crippen LogP contribution is -2.28. The maximum absolute atomic E-state index is 12.8. The van der Waals surface area contributed by atoms with Gasteiger partial charge in [0.2, 0.25) is 4.96 Å². The van der Waals surface area contributed by atoms with E-state index >= 15 is 0 Å². The summed E-state index contributed by atoms with van der Waals surface area (Å²) in [4.78, 5) is 40.7. The van der Waals surface area contributed by atoms with Gasteiger partial charge in [-0.25, -0.2) is 0 Å². The molecule has 150 valence electrons. The minimum absolute atomic E-state index is 0.209. The van der Waals surface area contributed by atoms with Gasteiger partial charge in [-0.2, -0.15) is 14.6 Å². The van der Waals surface area contributed by atoms with Crippen LogP contribution in [0.15, 0.2) is 62.6 Å². The summed E-state index contributed by atoms with van der Waals surface area (Å²) in [5.41, 5.74) is 0.957. The van der Waals surface area contributed by atoms with E-state index in [-0.39, 0.29) is 16.2 Å². The van der Waals surface area contributed by atoms with E-state index in [0.717, 1.165) is 21.4 Å². The van der Waals surface area contributed by atoms with E-state index in [9.17, 15) is 14.4 Å². The van der Waals surface area contributed by atoms with Crippen LogP contribution >= 0.6 is 27.3 Å². The van der Waals surface area contributed by atoms with Crippen molar-refractivity contribution >= 4 is 44.3 Å². The van der Waals surface area contributed by atoms with Crippen LogP contribution in [0, 0.1) is 0 Å². The van der Waals surface area contributed by atoms with Crippen molar-refractivity contribution in [2.75, 3.05) is 0 Å². The zero-order valence-corrected chi connectivity index (χ0v) is 18.1. The summed E-state index contributed by atoms with van der Waals surface area (Å²) in [5.74, 6) is -0.0993. The van der Waals surface area contributed by atoms with Crippen molar-refractivity contribution in [2.24, 2.45) is 0 Å². The molecule has 0 atom stereocenters. The first-order valence-corrected chi connectivity index (χ1v) is 10.5. The van der Waals surface area contributed by atoms with Crippen LogP contribution < -0.4 is 20.4 Å². The normalized spacial score (nSPS) is 11.7. The molecule has 0 bridgehead atoms. The van der Waals surface area contributed by atoms with E-state index in [2.05, 4.69) is 26.0 Å². The molecule has 2 heterocycles. The highest BCUT2D eigenvalue weighted by Gasteiger charge is 2.12. The number of rotatable bonds is 4. The van der Waals surface area contributed by atoms with Gasteiger partial charge < -0.3 is 4.74 Å². The number of ether oxygens (including phenoxy) is 1. The van der Waals surface area contributed by atoms with Crippen molar-refractivity contribution in [3.63, 3.8) is 0 Å². The molecular weight excluding hydrogens is 470 g/mol. The number of nitrogens with zero attached hydrogens (tertiary/aromatic N) is 3. The van der Waals surface area contributed by atoms with Gasteiger partial charge >= 0.3 is 5.97 Å². The van der Waals surface area contributed by atoms with Gasteiger partial charge in [0.25, 0.3) is 11.1 Å². The van der Waals surface area contributed by atoms with Crippen LogP contribution in [0.1, 0.15) is 23.7 Å². The predicted molar refractivity (Wildman–Crippen MR) is 117 cm³/mol. The number of carbonyl (C=O) groups is 1. The Morgan fingerprint density at radius 3 is 2.70 bits per heavy atom. The van der Waals surface area contributed by atoms with Gasteiger partial charge in [-0.15, -0.1) is 0 Å². The lowest BCUT2D eigenvalue weighted by Gasteiger charge is -2.04. The molecule has 4 aromatic rings. The molecule has 7 nitrogen and oxygen atoms in total. The summed E-state index contributed by atoms with van der Waals surface area (Å²) in [6, 6.07) is 14.5. The topological polar surface area (TPSA) is 90.6 Å². The summed E-state index contributed by atoms with van der Waals surface area (Å²) in [6.07, 6.45) is 1.94. The third kappa shape index (κ3) is 4.22. The number of thiazole rings is 1. The molecule has 30 heavy (non-hydrogen) atoms. The molecule has 0 fully saturated rings. The van der Waals surface area contributed by atoms with E-state index in [1.54, 1.807) is 24.3 Å². The Morgan fingerprint density at radius 2 is 1.97 bits per heavy atom. The first-order valence-electron chi connectivity index (χ1n) is 8.87. The molecule has 2 aromatic heterocycles. The quantitative estimate of drug-likeness (QED) is 0.326. The Labute approximate surface area is 182 Å². The van der Waals surface area contributed by atoms with E-state index in [1.165, 1.54) is 6.92 Å².